The van der Waals surface area contributed by atoms with Gasteiger partial charge in [-0.1, -0.05) is 19.1 Å². The Morgan fingerprint density at radius 1 is 1.12 bits per heavy atom. The molecule has 0 bridgehead atoms. The first kappa shape index (κ1) is 18.2. The fourth-order valence-corrected chi connectivity index (χ4v) is 3.15. The largest absolute Gasteiger partial charge is 0.368 e. The number of piperazine rings is 1. The molecule has 1 aromatic carbocycles. The second-order valence-corrected chi connectivity index (χ2v) is 6.76. The molecule has 2 heterocycles. The zero-order valence-electron chi connectivity index (χ0n) is 15.8. The maximum atomic E-state index is 12.9. The topological polar surface area (TPSA) is 61.4 Å². The van der Waals surface area contributed by atoms with Gasteiger partial charge in [-0.3, -0.25) is 4.79 Å². The molecule has 0 radical (unpaired) electrons. The Labute approximate surface area is 155 Å². The summed E-state index contributed by atoms with van der Waals surface area (Å²) in [5, 5.41) is 3.17. The van der Waals surface area contributed by atoms with Crippen LogP contribution in [0.15, 0.2) is 30.3 Å². The third-order valence-corrected chi connectivity index (χ3v) is 4.54. The van der Waals surface area contributed by atoms with Crippen LogP contribution in [0.4, 0.5) is 11.6 Å². The quantitative estimate of drug-likeness (QED) is 0.896. The van der Waals surface area contributed by atoms with Crippen molar-refractivity contribution < 1.29 is 4.79 Å². The number of benzene rings is 1. The maximum absolute atomic E-state index is 12.9. The Morgan fingerprint density at radius 3 is 2.58 bits per heavy atom. The molecule has 26 heavy (non-hydrogen) atoms. The SMILES string of the molecule is CCCNc1nc(C)cc(C(=O)N2CCN(c3cccc(C)c3)CC2)n1. The number of aryl methyl sites for hydroxylation is 2. The minimum atomic E-state index is -0.0149. The molecule has 0 atom stereocenters. The molecule has 0 saturated carbocycles. The molecule has 1 N–H and O–H groups in total. The van der Waals surface area contributed by atoms with E-state index in [-0.39, 0.29) is 5.91 Å². The smallest absolute Gasteiger partial charge is 0.272 e. The first-order valence-electron chi connectivity index (χ1n) is 9.27. The van der Waals surface area contributed by atoms with E-state index < -0.39 is 0 Å². The number of rotatable bonds is 5. The van der Waals surface area contributed by atoms with Crippen molar-refractivity contribution in [3.05, 3.63) is 47.3 Å². The average molecular weight is 353 g/mol. The third-order valence-electron chi connectivity index (χ3n) is 4.54. The molecule has 2 aromatic rings. The average Bonchev–Trinajstić information content (AvgIpc) is 2.65. The van der Waals surface area contributed by atoms with Crippen LogP contribution in [0.3, 0.4) is 0 Å². The summed E-state index contributed by atoms with van der Waals surface area (Å²) in [6.07, 6.45) is 0.988. The number of amides is 1. The number of carbonyl (C=O) groups excluding carboxylic acids is 1. The zero-order chi connectivity index (χ0) is 18.5. The van der Waals surface area contributed by atoms with Crippen molar-refractivity contribution in [3.8, 4) is 0 Å². The Balaban J connectivity index is 1.66. The Hall–Kier alpha value is -2.63. The molecular weight excluding hydrogens is 326 g/mol. The zero-order valence-corrected chi connectivity index (χ0v) is 15.8. The van der Waals surface area contributed by atoms with E-state index in [4.69, 9.17) is 0 Å². The molecule has 1 aliphatic rings. The monoisotopic (exact) mass is 353 g/mol. The van der Waals surface area contributed by atoms with Crippen LogP contribution in [0.2, 0.25) is 0 Å². The molecule has 138 valence electrons. The number of hydrogen-bond donors (Lipinski definition) is 1. The van der Waals surface area contributed by atoms with Crippen molar-refractivity contribution >= 4 is 17.5 Å². The predicted molar refractivity (Wildman–Crippen MR) is 105 cm³/mol. The first-order chi connectivity index (χ1) is 12.6. The Bertz CT molecular complexity index is 769. The van der Waals surface area contributed by atoms with E-state index in [0.717, 1.165) is 31.7 Å². The van der Waals surface area contributed by atoms with Gasteiger partial charge in [0.2, 0.25) is 5.95 Å². The van der Waals surface area contributed by atoms with Crippen LogP contribution >= 0.6 is 0 Å². The highest BCUT2D eigenvalue weighted by molar-refractivity contribution is 5.92. The van der Waals surface area contributed by atoms with Gasteiger partial charge in [-0.05, 0) is 44.0 Å². The van der Waals surface area contributed by atoms with Crippen molar-refractivity contribution in [1.82, 2.24) is 14.9 Å². The summed E-state index contributed by atoms with van der Waals surface area (Å²) in [7, 11) is 0. The summed E-state index contributed by atoms with van der Waals surface area (Å²) in [5.74, 6) is 0.521. The lowest BCUT2D eigenvalue weighted by molar-refractivity contribution is 0.0740. The second-order valence-electron chi connectivity index (χ2n) is 6.76. The molecule has 6 nitrogen and oxygen atoms in total. The van der Waals surface area contributed by atoms with Crippen LogP contribution in [-0.2, 0) is 0 Å². The standard InChI is InChI=1S/C20H27N5O/c1-4-8-21-20-22-16(3)14-18(23-20)19(26)25-11-9-24(10-12-25)17-7-5-6-15(2)13-17/h5-7,13-14H,4,8-12H2,1-3H3,(H,21,22,23). The summed E-state index contributed by atoms with van der Waals surface area (Å²) >= 11 is 0. The van der Waals surface area contributed by atoms with Crippen molar-refractivity contribution in [2.45, 2.75) is 27.2 Å². The van der Waals surface area contributed by atoms with Crippen LogP contribution < -0.4 is 10.2 Å². The summed E-state index contributed by atoms with van der Waals surface area (Å²) in [5.41, 5.74) is 3.76. The van der Waals surface area contributed by atoms with Gasteiger partial charge in [0.25, 0.3) is 5.91 Å². The molecule has 3 rings (SSSR count). The lowest BCUT2D eigenvalue weighted by Crippen LogP contribution is -2.49. The van der Waals surface area contributed by atoms with E-state index in [1.807, 2.05) is 11.8 Å². The van der Waals surface area contributed by atoms with E-state index in [2.05, 4.69) is 58.3 Å². The van der Waals surface area contributed by atoms with Gasteiger partial charge in [-0.15, -0.1) is 0 Å². The number of hydrogen-bond acceptors (Lipinski definition) is 5. The summed E-state index contributed by atoms with van der Waals surface area (Å²) in [6, 6.07) is 10.3. The van der Waals surface area contributed by atoms with Crippen LogP contribution in [0.1, 0.15) is 35.1 Å². The van der Waals surface area contributed by atoms with Gasteiger partial charge in [0, 0.05) is 44.1 Å². The lowest BCUT2D eigenvalue weighted by Gasteiger charge is -2.36. The lowest BCUT2D eigenvalue weighted by atomic mass is 10.2. The normalized spacial score (nSPS) is 14.4. The molecule has 0 aliphatic carbocycles. The van der Waals surface area contributed by atoms with E-state index in [1.165, 1.54) is 11.3 Å². The highest BCUT2D eigenvalue weighted by Gasteiger charge is 2.24. The van der Waals surface area contributed by atoms with Gasteiger partial charge < -0.3 is 15.1 Å². The fourth-order valence-electron chi connectivity index (χ4n) is 3.15. The number of nitrogens with one attached hydrogen (secondary N) is 1. The number of aromatic nitrogens is 2. The van der Waals surface area contributed by atoms with Crippen molar-refractivity contribution in [3.63, 3.8) is 0 Å². The summed E-state index contributed by atoms with van der Waals surface area (Å²) in [6.45, 7) is 9.95. The van der Waals surface area contributed by atoms with E-state index in [0.29, 0.717) is 24.7 Å². The highest BCUT2D eigenvalue weighted by Crippen LogP contribution is 2.18. The minimum absolute atomic E-state index is 0.0149. The van der Waals surface area contributed by atoms with Gasteiger partial charge in [0.1, 0.15) is 5.69 Å². The molecular formula is C20H27N5O. The van der Waals surface area contributed by atoms with Crippen LogP contribution in [-0.4, -0.2) is 53.5 Å². The van der Waals surface area contributed by atoms with Crippen LogP contribution in [0.25, 0.3) is 0 Å². The maximum Gasteiger partial charge on any atom is 0.272 e. The van der Waals surface area contributed by atoms with E-state index in [9.17, 15) is 4.79 Å². The summed E-state index contributed by atoms with van der Waals surface area (Å²) < 4.78 is 0. The van der Waals surface area contributed by atoms with Crippen molar-refractivity contribution in [1.29, 1.82) is 0 Å². The second kappa shape index (κ2) is 8.17. The number of anilines is 2. The van der Waals surface area contributed by atoms with Crippen molar-refractivity contribution in [2.75, 3.05) is 42.9 Å². The van der Waals surface area contributed by atoms with E-state index in [1.54, 1.807) is 6.07 Å². The van der Waals surface area contributed by atoms with Crippen LogP contribution in [0.5, 0.6) is 0 Å². The molecule has 1 saturated heterocycles. The fraction of sp³-hybridized carbons (Fsp3) is 0.450. The molecule has 1 amide bonds. The molecule has 1 aliphatic heterocycles. The van der Waals surface area contributed by atoms with Gasteiger partial charge in [0.05, 0.1) is 0 Å². The molecule has 0 unspecified atom stereocenters. The van der Waals surface area contributed by atoms with Crippen LogP contribution in [0, 0.1) is 13.8 Å². The van der Waals surface area contributed by atoms with Gasteiger partial charge >= 0.3 is 0 Å². The molecule has 6 heteroatoms. The Morgan fingerprint density at radius 2 is 1.88 bits per heavy atom. The van der Waals surface area contributed by atoms with Crippen molar-refractivity contribution in [2.24, 2.45) is 0 Å². The van der Waals surface area contributed by atoms with Gasteiger partial charge in [-0.25, -0.2) is 9.97 Å². The minimum Gasteiger partial charge on any atom is -0.368 e. The number of carbonyl (C=O) groups is 1. The van der Waals surface area contributed by atoms with Gasteiger partial charge in [0.15, 0.2) is 0 Å². The first-order valence-corrected chi connectivity index (χ1v) is 9.27. The highest BCUT2D eigenvalue weighted by atomic mass is 16.2. The number of nitrogens with zero attached hydrogens (tertiary/aromatic N) is 4. The predicted octanol–water partition coefficient (Wildman–Crippen LogP) is 2.88. The van der Waals surface area contributed by atoms with E-state index >= 15 is 0 Å². The van der Waals surface area contributed by atoms with Gasteiger partial charge in [-0.2, -0.15) is 0 Å². The summed E-state index contributed by atoms with van der Waals surface area (Å²) in [4.78, 5) is 25.8. The third kappa shape index (κ3) is 4.31. The molecule has 0 spiro atoms. The Kier molecular flexibility index (Phi) is 5.71. The molecule has 1 fully saturated rings. The molecule has 1 aromatic heterocycles.